The highest BCUT2D eigenvalue weighted by atomic mass is 16.6. The van der Waals surface area contributed by atoms with E-state index in [1.54, 1.807) is 4.68 Å². The molecule has 2 aromatic rings. The van der Waals surface area contributed by atoms with Crippen molar-refractivity contribution in [3.05, 3.63) is 41.7 Å². The van der Waals surface area contributed by atoms with Crippen LogP contribution in [0.3, 0.4) is 0 Å². The molecule has 0 saturated carbocycles. The van der Waals surface area contributed by atoms with Crippen molar-refractivity contribution in [2.24, 2.45) is 0 Å². The molecule has 0 aliphatic rings. The molecule has 32 heavy (non-hydrogen) atoms. The van der Waals surface area contributed by atoms with Crippen LogP contribution in [0, 0.1) is 0 Å². The lowest BCUT2D eigenvalue weighted by Gasteiger charge is -2.30. The fourth-order valence-electron chi connectivity index (χ4n) is 3.05. The normalized spacial score (nSPS) is 13.7. The first-order chi connectivity index (χ1) is 14.6. The van der Waals surface area contributed by atoms with E-state index >= 15 is 0 Å². The van der Waals surface area contributed by atoms with Gasteiger partial charge in [0, 0.05) is 17.2 Å². The molecule has 1 N–H and O–H groups in total. The topological polar surface area (TPSA) is 78.3 Å². The number of nitrogens with one attached hydrogen (secondary N) is 1. The Balaban J connectivity index is 1.94. The molecule has 0 radical (unpaired) electrons. The summed E-state index contributed by atoms with van der Waals surface area (Å²) in [6.45, 7) is 19.2. The minimum Gasteiger partial charge on any atom is -0.492 e. The van der Waals surface area contributed by atoms with Crippen molar-refractivity contribution in [1.29, 1.82) is 0 Å². The minimum absolute atomic E-state index is 0.0199. The van der Waals surface area contributed by atoms with Gasteiger partial charge in [0.05, 0.1) is 12.2 Å². The van der Waals surface area contributed by atoms with Gasteiger partial charge in [-0.15, -0.1) is 5.10 Å². The van der Waals surface area contributed by atoms with E-state index in [0.29, 0.717) is 19.6 Å². The summed E-state index contributed by atoms with van der Waals surface area (Å²) >= 11 is 0. The summed E-state index contributed by atoms with van der Waals surface area (Å²) in [6.07, 6.45) is 2.51. The van der Waals surface area contributed by atoms with Crippen molar-refractivity contribution >= 4 is 5.97 Å². The summed E-state index contributed by atoms with van der Waals surface area (Å²) in [4.78, 5) is 12.7. The van der Waals surface area contributed by atoms with Crippen molar-refractivity contribution in [2.45, 2.75) is 97.9 Å². The number of rotatable bonds is 8. The first-order valence-corrected chi connectivity index (χ1v) is 11.3. The van der Waals surface area contributed by atoms with Crippen LogP contribution in [-0.4, -0.2) is 44.8 Å². The highest BCUT2D eigenvalue weighted by molar-refractivity contribution is 5.76. The van der Waals surface area contributed by atoms with Crippen molar-refractivity contribution in [3.63, 3.8) is 0 Å². The van der Waals surface area contributed by atoms with E-state index in [4.69, 9.17) is 9.47 Å². The first-order valence-electron chi connectivity index (χ1n) is 11.3. The van der Waals surface area contributed by atoms with E-state index in [9.17, 15) is 4.79 Å². The van der Waals surface area contributed by atoms with E-state index in [0.717, 1.165) is 17.0 Å². The zero-order chi connectivity index (χ0) is 24.2. The Bertz CT molecular complexity index is 868. The molecular weight excluding hydrogens is 404 g/mol. The van der Waals surface area contributed by atoms with Gasteiger partial charge in [0.1, 0.15) is 24.0 Å². The van der Waals surface area contributed by atoms with Crippen LogP contribution in [-0.2, 0) is 27.9 Å². The van der Waals surface area contributed by atoms with Gasteiger partial charge in [-0.2, -0.15) is 0 Å². The van der Waals surface area contributed by atoms with Crippen LogP contribution in [0.1, 0.15) is 73.6 Å². The average Bonchev–Trinajstić information content (AvgIpc) is 3.09. The van der Waals surface area contributed by atoms with Crippen LogP contribution >= 0.6 is 0 Å². The molecule has 0 spiro atoms. The molecule has 0 saturated heterocycles. The summed E-state index contributed by atoms with van der Waals surface area (Å²) in [5.74, 6) is 0.540. The molecule has 0 aliphatic heterocycles. The van der Waals surface area contributed by atoms with Gasteiger partial charge in [-0.05, 0) is 65.7 Å². The number of benzene rings is 1. The SMILES string of the molecule is CC(C)(C)NC(Cc1ccc(OCCn2cc(C(C)(C)C)nn2)cc1)C(=O)OC(C)(C)C. The van der Waals surface area contributed by atoms with E-state index < -0.39 is 11.6 Å². The lowest BCUT2D eigenvalue weighted by atomic mass is 9.93. The summed E-state index contributed by atoms with van der Waals surface area (Å²) in [5.41, 5.74) is 1.25. The standard InChI is InChI=1S/C25H40N4O3/c1-23(2,3)21-17-29(28-27-21)14-15-31-19-12-10-18(11-13-19)16-20(26-24(4,5)6)22(30)32-25(7,8)9/h10-13,17,20,26H,14-16H2,1-9H3. The van der Waals surface area contributed by atoms with Crippen LogP contribution in [0.2, 0.25) is 0 Å². The van der Waals surface area contributed by atoms with Gasteiger partial charge >= 0.3 is 5.97 Å². The van der Waals surface area contributed by atoms with Gasteiger partial charge in [-0.3, -0.25) is 10.1 Å². The van der Waals surface area contributed by atoms with Crippen LogP contribution in [0.25, 0.3) is 0 Å². The van der Waals surface area contributed by atoms with E-state index in [2.05, 4.69) is 36.4 Å². The third kappa shape index (κ3) is 8.99. The van der Waals surface area contributed by atoms with E-state index in [-0.39, 0.29) is 16.9 Å². The summed E-state index contributed by atoms with van der Waals surface area (Å²) in [5, 5.41) is 11.8. The quantitative estimate of drug-likeness (QED) is 0.612. The van der Waals surface area contributed by atoms with Crippen LogP contribution < -0.4 is 10.1 Å². The molecule has 7 heteroatoms. The van der Waals surface area contributed by atoms with Crippen molar-refractivity contribution in [1.82, 2.24) is 20.3 Å². The molecule has 2 rings (SSSR count). The van der Waals surface area contributed by atoms with Crippen LogP contribution in [0.4, 0.5) is 0 Å². The summed E-state index contributed by atoms with van der Waals surface area (Å²) in [6, 6.07) is 7.42. The average molecular weight is 445 g/mol. The molecule has 1 unspecified atom stereocenters. The summed E-state index contributed by atoms with van der Waals surface area (Å²) in [7, 11) is 0. The second kappa shape index (κ2) is 10.0. The molecule has 0 amide bonds. The van der Waals surface area contributed by atoms with Gasteiger partial charge in [-0.25, -0.2) is 4.68 Å². The number of carbonyl (C=O) groups is 1. The van der Waals surface area contributed by atoms with Crippen molar-refractivity contribution in [2.75, 3.05) is 6.61 Å². The maximum atomic E-state index is 12.7. The molecule has 1 aromatic heterocycles. The van der Waals surface area contributed by atoms with Crippen molar-refractivity contribution in [3.8, 4) is 5.75 Å². The third-order valence-electron chi connectivity index (χ3n) is 4.56. The molecule has 0 bridgehead atoms. The van der Waals surface area contributed by atoms with Crippen LogP contribution in [0.5, 0.6) is 5.75 Å². The maximum Gasteiger partial charge on any atom is 0.324 e. The van der Waals surface area contributed by atoms with Gasteiger partial charge in [0.2, 0.25) is 0 Å². The Morgan fingerprint density at radius 3 is 2.16 bits per heavy atom. The second-order valence-electron chi connectivity index (χ2n) is 11.3. The van der Waals surface area contributed by atoms with E-state index in [1.807, 2.05) is 72.0 Å². The predicted octanol–water partition coefficient (Wildman–Crippen LogP) is 4.30. The fourth-order valence-corrected chi connectivity index (χ4v) is 3.05. The van der Waals surface area contributed by atoms with E-state index in [1.165, 1.54) is 0 Å². The second-order valence-corrected chi connectivity index (χ2v) is 11.3. The highest BCUT2D eigenvalue weighted by Crippen LogP contribution is 2.19. The number of carbonyl (C=O) groups excluding carboxylic acids is 1. The number of nitrogens with zero attached hydrogens (tertiary/aromatic N) is 3. The van der Waals surface area contributed by atoms with Crippen molar-refractivity contribution < 1.29 is 14.3 Å². The molecular formula is C25H40N4O3. The van der Waals surface area contributed by atoms with Gasteiger partial charge < -0.3 is 9.47 Å². The number of aromatic nitrogens is 3. The molecule has 0 aliphatic carbocycles. The monoisotopic (exact) mass is 444 g/mol. The molecule has 1 atom stereocenters. The number of hydrogen-bond donors (Lipinski definition) is 1. The first kappa shape index (κ1) is 25.8. The third-order valence-corrected chi connectivity index (χ3v) is 4.56. The fraction of sp³-hybridized carbons (Fsp3) is 0.640. The van der Waals surface area contributed by atoms with Gasteiger partial charge in [0.25, 0.3) is 0 Å². The van der Waals surface area contributed by atoms with Gasteiger partial charge in [-0.1, -0.05) is 38.1 Å². The Kier molecular flexibility index (Phi) is 8.10. The summed E-state index contributed by atoms with van der Waals surface area (Å²) < 4.78 is 13.3. The molecule has 178 valence electrons. The molecule has 1 heterocycles. The highest BCUT2D eigenvalue weighted by Gasteiger charge is 2.28. The Morgan fingerprint density at radius 2 is 1.66 bits per heavy atom. The molecule has 0 fully saturated rings. The lowest BCUT2D eigenvalue weighted by molar-refractivity contribution is -0.158. The molecule has 7 nitrogen and oxygen atoms in total. The zero-order valence-electron chi connectivity index (χ0n) is 21.2. The zero-order valence-corrected chi connectivity index (χ0v) is 21.2. The smallest absolute Gasteiger partial charge is 0.324 e. The number of esters is 1. The maximum absolute atomic E-state index is 12.7. The lowest BCUT2D eigenvalue weighted by Crippen LogP contribution is -2.50. The van der Waals surface area contributed by atoms with Crippen LogP contribution in [0.15, 0.2) is 30.5 Å². The molecule has 1 aromatic carbocycles. The predicted molar refractivity (Wildman–Crippen MR) is 127 cm³/mol. The largest absolute Gasteiger partial charge is 0.492 e. The Hall–Kier alpha value is -2.41. The Morgan fingerprint density at radius 1 is 1.03 bits per heavy atom. The Labute approximate surface area is 192 Å². The minimum atomic E-state index is -0.523. The number of ether oxygens (including phenoxy) is 2. The van der Waals surface area contributed by atoms with Gasteiger partial charge in [0.15, 0.2) is 0 Å². The number of hydrogen-bond acceptors (Lipinski definition) is 6.